The zero-order chi connectivity index (χ0) is 6.57. The van der Waals surface area contributed by atoms with Gasteiger partial charge in [-0.25, -0.2) is 0 Å². The van der Waals surface area contributed by atoms with E-state index >= 15 is 0 Å². The summed E-state index contributed by atoms with van der Waals surface area (Å²) < 4.78 is 0. The van der Waals surface area contributed by atoms with Gasteiger partial charge >= 0.3 is 48.9 Å². The van der Waals surface area contributed by atoms with Crippen molar-refractivity contribution in [1.82, 2.24) is 0 Å². The van der Waals surface area contributed by atoms with Crippen LogP contribution in [0, 0.1) is 0 Å². The summed E-state index contributed by atoms with van der Waals surface area (Å²) in [6.07, 6.45) is -3.82. The Morgan fingerprint density at radius 2 is 1.22 bits per heavy atom. The van der Waals surface area contributed by atoms with Gasteiger partial charge in [-0.1, -0.05) is 0 Å². The fourth-order valence-corrected chi connectivity index (χ4v) is 0.0816. The molecular formula is C2BaN2O4. The summed E-state index contributed by atoms with van der Waals surface area (Å²) >= 11 is 0. The number of carbonyl (C=O) groups is 2. The zero-order valence-electron chi connectivity index (χ0n) is 4.23. The van der Waals surface area contributed by atoms with E-state index in [9.17, 15) is 19.8 Å². The van der Waals surface area contributed by atoms with Gasteiger partial charge in [-0.05, 0) is 0 Å². The molecule has 0 aliphatic carbocycles. The fraction of sp³-hybridized carbons (Fsp3) is 0. The van der Waals surface area contributed by atoms with Crippen molar-refractivity contribution in [3.05, 3.63) is 0 Å². The van der Waals surface area contributed by atoms with Crippen LogP contribution in [0.5, 0.6) is 0 Å². The Hall–Kier alpha value is 0.111. The predicted molar refractivity (Wildman–Crippen MR) is 21.4 cm³/mol. The van der Waals surface area contributed by atoms with Crippen molar-refractivity contribution in [2.45, 2.75) is 0 Å². The molecular weight excluding hydrogens is 253 g/mol. The van der Waals surface area contributed by atoms with Crippen LogP contribution in [-0.2, 0) is 0 Å². The summed E-state index contributed by atoms with van der Waals surface area (Å²) in [4.78, 5) is 18.5. The first kappa shape index (κ1) is 11.9. The molecule has 0 N–H and O–H groups in total. The molecule has 0 unspecified atom stereocenters. The first-order chi connectivity index (χ1) is 3.63. The Bertz CT molecular complexity index is 128. The molecule has 0 bridgehead atoms. The van der Waals surface area contributed by atoms with Gasteiger partial charge in [0.25, 0.3) is 0 Å². The monoisotopic (exact) mass is 254 g/mol. The summed E-state index contributed by atoms with van der Waals surface area (Å²) in [5.74, 6) is 0. The largest absolute Gasteiger partial charge is 2.00 e. The summed E-state index contributed by atoms with van der Waals surface area (Å²) in [6, 6.07) is 0. The van der Waals surface area contributed by atoms with Gasteiger partial charge in [0.05, 0.1) is 0 Å². The van der Waals surface area contributed by atoms with E-state index in [-0.39, 0.29) is 48.9 Å². The van der Waals surface area contributed by atoms with Gasteiger partial charge < -0.3 is 19.8 Å². The minimum absolute atomic E-state index is 0. The van der Waals surface area contributed by atoms with Crippen molar-refractivity contribution >= 4 is 61.1 Å². The Morgan fingerprint density at radius 1 is 1.00 bits per heavy atom. The van der Waals surface area contributed by atoms with Crippen molar-refractivity contribution in [1.29, 1.82) is 0 Å². The van der Waals surface area contributed by atoms with E-state index in [4.69, 9.17) is 0 Å². The quantitative estimate of drug-likeness (QED) is 0.359. The van der Waals surface area contributed by atoms with Crippen LogP contribution >= 0.6 is 0 Å². The average Bonchev–Trinajstić information content (AvgIpc) is 1.61. The maximum Gasteiger partial charge on any atom is 2.00 e. The van der Waals surface area contributed by atoms with Gasteiger partial charge in [0, 0.05) is 0 Å². The molecule has 0 atom stereocenters. The number of carbonyl (C=O) groups excluding carboxylic acids is 2. The molecule has 0 heterocycles. The van der Waals surface area contributed by atoms with Gasteiger partial charge in [-0.2, -0.15) is 0 Å². The third kappa shape index (κ3) is 11.6. The van der Waals surface area contributed by atoms with E-state index in [2.05, 4.69) is 10.2 Å². The molecule has 0 aromatic heterocycles. The van der Waals surface area contributed by atoms with Gasteiger partial charge in [0.2, 0.25) is 0 Å². The number of hydrogen-bond donors (Lipinski definition) is 0. The second kappa shape index (κ2) is 6.23. The smallest absolute Gasteiger partial charge is 0.527 e. The van der Waals surface area contributed by atoms with Gasteiger partial charge in [0.1, 0.15) is 0 Å². The number of carboxylic acid groups (broad SMARTS) is 2. The Labute approximate surface area is 90.0 Å². The van der Waals surface area contributed by atoms with Crippen LogP contribution in [0.1, 0.15) is 0 Å². The number of amides is 2. The molecule has 0 spiro atoms. The van der Waals surface area contributed by atoms with Crippen LogP contribution in [0.4, 0.5) is 9.59 Å². The number of hydrogen-bond acceptors (Lipinski definition) is 4. The Morgan fingerprint density at radius 3 is 1.33 bits per heavy atom. The van der Waals surface area contributed by atoms with Gasteiger partial charge in [0.15, 0.2) is 12.2 Å². The maximum atomic E-state index is 9.24. The van der Waals surface area contributed by atoms with E-state index in [1.165, 1.54) is 0 Å². The zero-order valence-corrected chi connectivity index (χ0v) is 8.68. The second-order valence-electron chi connectivity index (χ2n) is 0.732. The number of nitrogens with zero attached hydrogens (tertiary/aromatic N) is 2. The van der Waals surface area contributed by atoms with E-state index in [0.717, 1.165) is 0 Å². The first-order valence-corrected chi connectivity index (χ1v) is 1.46. The SMILES string of the molecule is O=C([O-])/N=N/C(=O)[O-].[Ba+2]. The molecule has 9 heavy (non-hydrogen) atoms. The van der Waals surface area contributed by atoms with Gasteiger partial charge in [-0.3, -0.25) is 0 Å². The van der Waals surface area contributed by atoms with Gasteiger partial charge in [-0.15, -0.1) is 10.2 Å². The van der Waals surface area contributed by atoms with Crippen LogP contribution in [0.3, 0.4) is 0 Å². The van der Waals surface area contributed by atoms with Crippen LogP contribution in [-0.4, -0.2) is 61.1 Å². The van der Waals surface area contributed by atoms with Crippen molar-refractivity contribution in [2.75, 3.05) is 0 Å². The summed E-state index contributed by atoms with van der Waals surface area (Å²) in [5.41, 5.74) is 0. The normalized spacial score (nSPS) is 8.44. The maximum absolute atomic E-state index is 9.24. The van der Waals surface area contributed by atoms with Crippen molar-refractivity contribution in [3.8, 4) is 0 Å². The molecule has 6 nitrogen and oxygen atoms in total. The molecule has 0 fully saturated rings. The number of rotatable bonds is 0. The second-order valence-corrected chi connectivity index (χ2v) is 0.732. The minimum Gasteiger partial charge on any atom is -0.527 e. The first-order valence-electron chi connectivity index (χ1n) is 1.46. The molecule has 0 radical (unpaired) electrons. The van der Waals surface area contributed by atoms with Crippen LogP contribution < -0.4 is 10.2 Å². The fourth-order valence-electron chi connectivity index (χ4n) is 0.0816. The summed E-state index contributed by atoms with van der Waals surface area (Å²) in [6.45, 7) is 0. The summed E-state index contributed by atoms with van der Waals surface area (Å²) in [5, 5.41) is 22.7. The topological polar surface area (TPSA) is 105 Å². The molecule has 0 aromatic rings. The molecule has 0 saturated carbocycles. The molecule has 44 valence electrons. The van der Waals surface area contributed by atoms with Crippen molar-refractivity contribution in [3.63, 3.8) is 0 Å². The predicted octanol–water partition coefficient (Wildman–Crippen LogP) is -2.26. The molecule has 7 heteroatoms. The summed E-state index contributed by atoms with van der Waals surface area (Å²) in [7, 11) is 0. The molecule has 0 aromatic carbocycles. The molecule has 2 amide bonds. The van der Waals surface area contributed by atoms with E-state index in [1.807, 2.05) is 0 Å². The molecule has 0 saturated heterocycles. The third-order valence-corrected chi connectivity index (χ3v) is 0.213. The van der Waals surface area contributed by atoms with Crippen molar-refractivity contribution in [2.24, 2.45) is 10.2 Å². The molecule has 0 rings (SSSR count). The minimum atomic E-state index is -1.91. The molecule has 0 aliphatic rings. The van der Waals surface area contributed by atoms with Crippen LogP contribution in [0.25, 0.3) is 0 Å². The number of azo groups is 1. The Kier molecular flexibility index (Phi) is 8.21. The van der Waals surface area contributed by atoms with E-state index < -0.39 is 12.2 Å². The Balaban J connectivity index is 0. The van der Waals surface area contributed by atoms with E-state index in [1.54, 1.807) is 0 Å². The average molecular weight is 253 g/mol. The van der Waals surface area contributed by atoms with Crippen LogP contribution in [0.15, 0.2) is 10.2 Å². The van der Waals surface area contributed by atoms with E-state index in [0.29, 0.717) is 0 Å². The van der Waals surface area contributed by atoms with Crippen LogP contribution in [0.2, 0.25) is 0 Å². The molecule has 0 aliphatic heterocycles. The van der Waals surface area contributed by atoms with Crippen molar-refractivity contribution < 1.29 is 19.8 Å². The third-order valence-electron chi connectivity index (χ3n) is 0.213. The standard InChI is InChI=1S/C2H2N2O4.Ba/c5-1(6)3-4-2(7)8;/h(H,5,6)(H,7,8);/q;+2/p-2/b4-3+;.